The van der Waals surface area contributed by atoms with E-state index in [0.29, 0.717) is 34.9 Å². The number of benzene rings is 1. The number of nitriles is 1. The summed E-state index contributed by atoms with van der Waals surface area (Å²) in [7, 11) is 0. The fraction of sp³-hybridized carbons (Fsp3) is 0.429. The SMILES string of the molecule is N#CC1(Cc2c(Cl)cccc2Cl)CCCCC1=O. The van der Waals surface area contributed by atoms with Crippen LogP contribution in [0.3, 0.4) is 0 Å². The summed E-state index contributed by atoms with van der Waals surface area (Å²) >= 11 is 12.2. The Morgan fingerprint density at radius 1 is 1.28 bits per heavy atom. The summed E-state index contributed by atoms with van der Waals surface area (Å²) in [5.74, 6) is 0.0206. The van der Waals surface area contributed by atoms with Gasteiger partial charge in [0.1, 0.15) is 5.41 Å². The maximum atomic E-state index is 12.1. The standard InChI is InChI=1S/C14H13Cl2NO/c15-11-4-3-5-12(16)10(11)8-14(9-17)7-2-1-6-13(14)18/h3-5H,1-2,6-8H2. The normalized spacial score (nSPS) is 23.7. The van der Waals surface area contributed by atoms with Gasteiger partial charge in [-0.3, -0.25) is 4.79 Å². The number of Topliss-reactive ketones (excluding diaryl/α,β-unsaturated/α-hetero) is 1. The number of carbonyl (C=O) groups is 1. The Kier molecular flexibility index (Phi) is 3.94. The number of ketones is 1. The van der Waals surface area contributed by atoms with Crippen LogP contribution in [0.2, 0.25) is 10.0 Å². The summed E-state index contributed by atoms with van der Waals surface area (Å²) in [6, 6.07) is 7.44. The van der Waals surface area contributed by atoms with Gasteiger partial charge in [0.05, 0.1) is 6.07 Å². The van der Waals surface area contributed by atoms with Crippen molar-refractivity contribution in [1.82, 2.24) is 0 Å². The minimum absolute atomic E-state index is 0.0206. The number of rotatable bonds is 2. The predicted octanol–water partition coefficient (Wildman–Crippen LogP) is 4.19. The monoisotopic (exact) mass is 281 g/mol. The van der Waals surface area contributed by atoms with E-state index in [2.05, 4.69) is 6.07 Å². The summed E-state index contributed by atoms with van der Waals surface area (Å²) < 4.78 is 0. The first-order chi connectivity index (χ1) is 8.59. The van der Waals surface area contributed by atoms with Crippen LogP contribution in [0.15, 0.2) is 18.2 Å². The van der Waals surface area contributed by atoms with Gasteiger partial charge in [-0.25, -0.2) is 0 Å². The van der Waals surface area contributed by atoms with E-state index in [1.54, 1.807) is 18.2 Å². The summed E-state index contributed by atoms with van der Waals surface area (Å²) in [5, 5.41) is 10.4. The van der Waals surface area contributed by atoms with Crippen LogP contribution < -0.4 is 0 Å². The van der Waals surface area contributed by atoms with Gasteiger partial charge < -0.3 is 0 Å². The Morgan fingerprint density at radius 2 is 1.94 bits per heavy atom. The first-order valence-corrected chi connectivity index (χ1v) is 6.72. The molecule has 1 aromatic rings. The third-order valence-electron chi connectivity index (χ3n) is 3.55. The molecule has 2 nitrogen and oxygen atoms in total. The van der Waals surface area contributed by atoms with E-state index in [1.807, 2.05) is 0 Å². The molecule has 0 saturated heterocycles. The lowest BCUT2D eigenvalue weighted by molar-refractivity contribution is -0.128. The van der Waals surface area contributed by atoms with Crippen molar-refractivity contribution in [1.29, 1.82) is 5.26 Å². The zero-order valence-corrected chi connectivity index (χ0v) is 11.4. The van der Waals surface area contributed by atoms with Gasteiger partial charge in [-0.15, -0.1) is 0 Å². The molecule has 2 rings (SSSR count). The first-order valence-electron chi connectivity index (χ1n) is 5.96. The van der Waals surface area contributed by atoms with Crippen LogP contribution in [0.4, 0.5) is 0 Å². The molecule has 1 saturated carbocycles. The molecule has 0 spiro atoms. The Hall–Kier alpha value is -1.04. The second-order valence-corrected chi connectivity index (χ2v) is 5.52. The van der Waals surface area contributed by atoms with Gasteiger partial charge in [-0.05, 0) is 30.5 Å². The molecule has 0 bridgehead atoms. The van der Waals surface area contributed by atoms with Crippen molar-refractivity contribution in [2.24, 2.45) is 5.41 Å². The molecule has 0 amide bonds. The van der Waals surface area contributed by atoms with E-state index >= 15 is 0 Å². The van der Waals surface area contributed by atoms with Crippen molar-refractivity contribution < 1.29 is 4.79 Å². The molecule has 0 heterocycles. The molecule has 1 aliphatic carbocycles. The minimum atomic E-state index is -0.938. The molecule has 18 heavy (non-hydrogen) atoms. The van der Waals surface area contributed by atoms with E-state index < -0.39 is 5.41 Å². The van der Waals surface area contributed by atoms with E-state index in [0.717, 1.165) is 12.8 Å². The third kappa shape index (κ3) is 2.39. The lowest BCUT2D eigenvalue weighted by atomic mass is 9.70. The van der Waals surface area contributed by atoms with Crippen LogP contribution in [-0.2, 0) is 11.2 Å². The smallest absolute Gasteiger partial charge is 0.153 e. The van der Waals surface area contributed by atoms with Gasteiger partial charge >= 0.3 is 0 Å². The average Bonchev–Trinajstić information content (AvgIpc) is 2.36. The van der Waals surface area contributed by atoms with Gasteiger partial charge in [0, 0.05) is 22.9 Å². The predicted molar refractivity (Wildman–Crippen MR) is 71.7 cm³/mol. The maximum Gasteiger partial charge on any atom is 0.153 e. The highest BCUT2D eigenvalue weighted by molar-refractivity contribution is 6.36. The van der Waals surface area contributed by atoms with Gasteiger partial charge in [0.25, 0.3) is 0 Å². The summed E-state index contributed by atoms with van der Waals surface area (Å²) in [5.41, 5.74) is -0.231. The second-order valence-electron chi connectivity index (χ2n) is 4.70. The minimum Gasteiger partial charge on any atom is -0.298 e. The topological polar surface area (TPSA) is 40.9 Å². The molecule has 1 aromatic carbocycles. The molecule has 94 valence electrons. The maximum absolute atomic E-state index is 12.1. The molecule has 1 unspecified atom stereocenters. The van der Waals surface area contributed by atoms with Crippen molar-refractivity contribution in [3.8, 4) is 6.07 Å². The number of carbonyl (C=O) groups excluding carboxylic acids is 1. The van der Waals surface area contributed by atoms with Gasteiger partial charge in [0.2, 0.25) is 0 Å². The molecule has 4 heteroatoms. The van der Waals surface area contributed by atoms with Crippen molar-refractivity contribution in [2.45, 2.75) is 32.1 Å². The second kappa shape index (κ2) is 5.30. The Bertz CT molecular complexity index is 501. The average molecular weight is 282 g/mol. The van der Waals surface area contributed by atoms with Crippen molar-refractivity contribution in [2.75, 3.05) is 0 Å². The fourth-order valence-electron chi connectivity index (χ4n) is 2.44. The van der Waals surface area contributed by atoms with Crippen molar-refractivity contribution in [3.63, 3.8) is 0 Å². The van der Waals surface area contributed by atoms with Crippen LogP contribution in [0.25, 0.3) is 0 Å². The van der Waals surface area contributed by atoms with E-state index in [1.165, 1.54) is 0 Å². The highest BCUT2D eigenvalue weighted by Crippen LogP contribution is 2.39. The van der Waals surface area contributed by atoms with E-state index in [4.69, 9.17) is 23.2 Å². The zero-order valence-electron chi connectivity index (χ0n) is 9.88. The Labute approximate surface area is 117 Å². The van der Waals surface area contributed by atoms with Gasteiger partial charge in [-0.2, -0.15) is 5.26 Å². The van der Waals surface area contributed by atoms with Crippen LogP contribution in [0, 0.1) is 16.7 Å². The van der Waals surface area contributed by atoms with E-state index in [-0.39, 0.29) is 5.78 Å². The molecule has 0 N–H and O–H groups in total. The Balaban J connectivity index is 2.37. The largest absolute Gasteiger partial charge is 0.298 e. The van der Waals surface area contributed by atoms with Crippen LogP contribution in [0.1, 0.15) is 31.2 Å². The number of hydrogen-bond acceptors (Lipinski definition) is 2. The molecule has 0 aromatic heterocycles. The summed E-state index contributed by atoms with van der Waals surface area (Å²) in [4.78, 5) is 12.1. The number of hydrogen-bond donors (Lipinski definition) is 0. The van der Waals surface area contributed by atoms with Crippen LogP contribution >= 0.6 is 23.2 Å². The molecule has 1 atom stereocenters. The first kappa shape index (κ1) is 13.4. The molecule has 0 radical (unpaired) electrons. The highest BCUT2D eigenvalue weighted by atomic mass is 35.5. The van der Waals surface area contributed by atoms with E-state index in [9.17, 15) is 10.1 Å². The molecule has 1 aliphatic rings. The van der Waals surface area contributed by atoms with Gasteiger partial charge in [-0.1, -0.05) is 35.7 Å². The lowest BCUT2D eigenvalue weighted by Gasteiger charge is -2.29. The summed E-state index contributed by atoms with van der Waals surface area (Å²) in [6.45, 7) is 0. The fourth-order valence-corrected chi connectivity index (χ4v) is 2.97. The third-order valence-corrected chi connectivity index (χ3v) is 4.25. The number of nitrogens with zero attached hydrogens (tertiary/aromatic N) is 1. The molecule has 1 fully saturated rings. The van der Waals surface area contributed by atoms with Crippen molar-refractivity contribution >= 4 is 29.0 Å². The van der Waals surface area contributed by atoms with Crippen LogP contribution in [-0.4, -0.2) is 5.78 Å². The molecular formula is C14H13Cl2NO. The lowest BCUT2D eigenvalue weighted by Crippen LogP contribution is -2.35. The Morgan fingerprint density at radius 3 is 2.50 bits per heavy atom. The van der Waals surface area contributed by atoms with Gasteiger partial charge in [0.15, 0.2) is 5.78 Å². The molecule has 0 aliphatic heterocycles. The molecular weight excluding hydrogens is 269 g/mol. The van der Waals surface area contributed by atoms with Crippen molar-refractivity contribution in [3.05, 3.63) is 33.8 Å². The quantitative estimate of drug-likeness (QED) is 0.816. The van der Waals surface area contributed by atoms with Crippen LogP contribution in [0.5, 0.6) is 0 Å². The number of halogens is 2. The zero-order chi connectivity index (χ0) is 13.2. The highest BCUT2D eigenvalue weighted by Gasteiger charge is 2.40. The summed E-state index contributed by atoms with van der Waals surface area (Å²) in [6.07, 6.45) is 3.18.